The number of methoxy groups -OCH3 is 1. The maximum atomic E-state index is 13.1. The molecule has 0 bridgehead atoms. The van der Waals surface area contributed by atoms with Crippen molar-refractivity contribution in [1.82, 2.24) is 4.90 Å². The SMILES string of the molecule is C#CCOc1c(Br)cc(/C=C2\SC(=Nc3ccc(N4CCCCC4)cc3)N(CC)C2=O)cc1OC. The lowest BCUT2D eigenvalue weighted by molar-refractivity contribution is -0.122. The van der Waals surface area contributed by atoms with Crippen molar-refractivity contribution in [3.05, 3.63) is 51.3 Å². The standard InChI is InChI=1S/C27H28BrN3O3S/c1-4-15-34-25-22(28)16-19(17-23(25)33-3)18-24-26(32)31(5-2)27(35-24)29-20-9-11-21(12-10-20)30-13-7-6-8-14-30/h1,9-12,16-18H,5-8,13-15H2,2-3H3/b24-18-,29-27?. The Labute approximate surface area is 219 Å². The Morgan fingerprint density at radius 2 is 1.94 bits per heavy atom. The number of amidine groups is 1. The highest BCUT2D eigenvalue weighted by Gasteiger charge is 2.32. The van der Waals surface area contributed by atoms with Gasteiger partial charge in [-0.05, 0) is 102 Å². The van der Waals surface area contributed by atoms with Gasteiger partial charge in [0.1, 0.15) is 6.61 Å². The zero-order chi connectivity index (χ0) is 24.8. The van der Waals surface area contributed by atoms with Crippen LogP contribution < -0.4 is 14.4 Å². The zero-order valence-corrected chi connectivity index (χ0v) is 22.3. The van der Waals surface area contributed by atoms with Gasteiger partial charge in [0.2, 0.25) is 0 Å². The first-order valence-corrected chi connectivity index (χ1v) is 13.2. The molecule has 0 aromatic heterocycles. The Bertz CT molecular complexity index is 1180. The number of halogens is 1. The molecule has 2 aliphatic heterocycles. The molecular formula is C27H28BrN3O3S. The molecule has 0 saturated carbocycles. The Morgan fingerprint density at radius 3 is 2.60 bits per heavy atom. The number of piperidine rings is 1. The summed E-state index contributed by atoms with van der Waals surface area (Å²) >= 11 is 4.89. The molecule has 35 heavy (non-hydrogen) atoms. The molecule has 4 rings (SSSR count). The van der Waals surface area contributed by atoms with E-state index in [1.54, 1.807) is 12.0 Å². The second kappa shape index (κ2) is 11.7. The molecule has 0 aliphatic carbocycles. The largest absolute Gasteiger partial charge is 0.493 e. The first kappa shape index (κ1) is 25.2. The predicted octanol–water partition coefficient (Wildman–Crippen LogP) is 6.08. The van der Waals surface area contributed by atoms with Crippen LogP contribution in [-0.2, 0) is 4.79 Å². The van der Waals surface area contributed by atoms with Crippen molar-refractivity contribution < 1.29 is 14.3 Å². The fourth-order valence-electron chi connectivity index (χ4n) is 4.10. The first-order chi connectivity index (χ1) is 17.0. The van der Waals surface area contributed by atoms with E-state index in [2.05, 4.69) is 38.9 Å². The van der Waals surface area contributed by atoms with Crippen LogP contribution in [-0.4, -0.2) is 49.3 Å². The molecule has 182 valence electrons. The molecule has 6 nitrogen and oxygen atoms in total. The number of hydrogen-bond acceptors (Lipinski definition) is 6. The zero-order valence-electron chi connectivity index (χ0n) is 19.9. The summed E-state index contributed by atoms with van der Waals surface area (Å²) in [4.78, 5) is 22.6. The summed E-state index contributed by atoms with van der Waals surface area (Å²) in [6.45, 7) is 4.84. The number of thioether (sulfide) groups is 1. The lowest BCUT2D eigenvalue weighted by Crippen LogP contribution is -2.29. The number of carbonyl (C=O) groups excluding carboxylic acids is 1. The second-order valence-corrected chi connectivity index (χ2v) is 10.0. The maximum absolute atomic E-state index is 13.1. The molecule has 2 aromatic rings. The van der Waals surface area contributed by atoms with E-state index in [-0.39, 0.29) is 12.5 Å². The molecule has 0 N–H and O–H groups in total. The Morgan fingerprint density at radius 1 is 1.20 bits per heavy atom. The third-order valence-electron chi connectivity index (χ3n) is 5.85. The highest BCUT2D eigenvalue weighted by molar-refractivity contribution is 9.10. The van der Waals surface area contributed by atoms with Crippen molar-refractivity contribution in [3.63, 3.8) is 0 Å². The predicted molar refractivity (Wildman–Crippen MR) is 148 cm³/mol. The molecule has 0 radical (unpaired) electrons. The Balaban J connectivity index is 1.57. The summed E-state index contributed by atoms with van der Waals surface area (Å²) in [7, 11) is 1.57. The Hall–Kier alpha value is -2.89. The van der Waals surface area contributed by atoms with Gasteiger partial charge in [0.15, 0.2) is 16.7 Å². The van der Waals surface area contributed by atoms with Crippen LogP contribution >= 0.6 is 27.7 Å². The monoisotopic (exact) mass is 553 g/mol. The van der Waals surface area contributed by atoms with Crippen molar-refractivity contribution >= 4 is 56.2 Å². The molecule has 2 saturated heterocycles. The molecule has 1 amide bonds. The minimum Gasteiger partial charge on any atom is -0.493 e. The van der Waals surface area contributed by atoms with Crippen molar-refractivity contribution in [3.8, 4) is 23.8 Å². The number of carbonyl (C=O) groups is 1. The summed E-state index contributed by atoms with van der Waals surface area (Å²) < 4.78 is 11.8. The van der Waals surface area contributed by atoms with Crippen LogP contribution in [0.2, 0.25) is 0 Å². The van der Waals surface area contributed by atoms with Crippen LogP contribution in [0.5, 0.6) is 11.5 Å². The van der Waals surface area contributed by atoms with Gasteiger partial charge in [0.05, 0.1) is 22.2 Å². The number of likely N-dealkylation sites (N-methyl/N-ethyl adjacent to an activating group) is 1. The lowest BCUT2D eigenvalue weighted by atomic mass is 10.1. The Kier molecular flexibility index (Phi) is 8.42. The number of aliphatic imine (C=N–C) groups is 1. The van der Waals surface area contributed by atoms with Gasteiger partial charge >= 0.3 is 0 Å². The van der Waals surface area contributed by atoms with Crippen LogP contribution in [0.15, 0.2) is 50.8 Å². The van der Waals surface area contributed by atoms with Crippen LogP contribution in [0.3, 0.4) is 0 Å². The molecule has 0 atom stereocenters. The smallest absolute Gasteiger partial charge is 0.266 e. The van der Waals surface area contributed by atoms with E-state index >= 15 is 0 Å². The highest BCUT2D eigenvalue weighted by atomic mass is 79.9. The van der Waals surface area contributed by atoms with Crippen LogP contribution in [0.25, 0.3) is 6.08 Å². The maximum Gasteiger partial charge on any atom is 0.266 e. The van der Waals surface area contributed by atoms with Crippen molar-refractivity contribution in [1.29, 1.82) is 0 Å². The number of hydrogen-bond donors (Lipinski definition) is 0. The number of nitrogens with zero attached hydrogens (tertiary/aromatic N) is 3. The third kappa shape index (κ3) is 5.85. The van der Waals surface area contributed by atoms with E-state index < -0.39 is 0 Å². The quantitative estimate of drug-likeness (QED) is 0.307. The lowest BCUT2D eigenvalue weighted by Gasteiger charge is -2.28. The first-order valence-electron chi connectivity index (χ1n) is 11.6. The number of anilines is 1. The molecule has 2 aromatic carbocycles. The molecule has 2 fully saturated rings. The normalized spacial score (nSPS) is 18.3. The van der Waals surface area contributed by atoms with Crippen LogP contribution in [0.4, 0.5) is 11.4 Å². The van der Waals surface area contributed by atoms with E-state index in [0.29, 0.717) is 32.6 Å². The minimum absolute atomic E-state index is 0.0658. The van der Waals surface area contributed by atoms with E-state index in [4.69, 9.17) is 20.9 Å². The molecule has 8 heteroatoms. The average molecular weight is 555 g/mol. The molecule has 2 aliphatic rings. The topological polar surface area (TPSA) is 54.4 Å². The number of ether oxygens (including phenoxy) is 2. The second-order valence-electron chi connectivity index (χ2n) is 8.15. The van der Waals surface area contributed by atoms with Gasteiger partial charge in [0.25, 0.3) is 5.91 Å². The van der Waals surface area contributed by atoms with Crippen molar-refractivity contribution in [2.24, 2.45) is 4.99 Å². The van der Waals surface area contributed by atoms with Gasteiger partial charge in [-0.1, -0.05) is 5.92 Å². The summed E-state index contributed by atoms with van der Waals surface area (Å²) in [6, 6.07) is 12.0. The van der Waals surface area contributed by atoms with Crippen molar-refractivity contribution in [2.75, 3.05) is 38.3 Å². The van der Waals surface area contributed by atoms with Crippen LogP contribution in [0, 0.1) is 12.3 Å². The van der Waals surface area contributed by atoms with Gasteiger partial charge in [-0.3, -0.25) is 9.69 Å². The molecular weight excluding hydrogens is 526 g/mol. The average Bonchev–Trinajstić information content (AvgIpc) is 3.17. The number of terminal acetylenes is 1. The van der Waals surface area contributed by atoms with Gasteiger partial charge < -0.3 is 14.4 Å². The van der Waals surface area contributed by atoms with Gasteiger partial charge in [-0.2, -0.15) is 0 Å². The minimum atomic E-state index is -0.0658. The van der Waals surface area contributed by atoms with Gasteiger partial charge in [-0.25, -0.2) is 4.99 Å². The fourth-order valence-corrected chi connectivity index (χ4v) is 5.74. The number of amides is 1. The van der Waals surface area contributed by atoms with Gasteiger partial charge in [-0.15, -0.1) is 6.42 Å². The third-order valence-corrected chi connectivity index (χ3v) is 7.45. The van der Waals surface area contributed by atoms with Gasteiger partial charge in [0, 0.05) is 25.3 Å². The molecule has 0 unspecified atom stereocenters. The summed E-state index contributed by atoms with van der Waals surface area (Å²) in [5, 5.41) is 0.675. The fraction of sp³-hybridized carbons (Fsp3) is 0.333. The number of rotatable bonds is 7. The summed E-state index contributed by atoms with van der Waals surface area (Å²) in [5.74, 6) is 3.45. The molecule has 2 heterocycles. The summed E-state index contributed by atoms with van der Waals surface area (Å²) in [5.41, 5.74) is 2.87. The van der Waals surface area contributed by atoms with Crippen molar-refractivity contribution in [2.45, 2.75) is 26.2 Å². The number of benzene rings is 2. The highest BCUT2D eigenvalue weighted by Crippen LogP contribution is 2.39. The van der Waals surface area contributed by atoms with E-state index in [1.165, 1.54) is 36.7 Å². The summed E-state index contributed by atoms with van der Waals surface area (Å²) in [6.07, 6.45) is 10.9. The van der Waals surface area contributed by atoms with Crippen LogP contribution in [0.1, 0.15) is 31.7 Å². The van der Waals surface area contributed by atoms with E-state index in [9.17, 15) is 4.79 Å². The van der Waals surface area contributed by atoms with E-state index in [1.807, 2.05) is 37.3 Å². The van der Waals surface area contributed by atoms with E-state index in [0.717, 1.165) is 24.3 Å². The molecule has 0 spiro atoms.